The highest BCUT2D eigenvalue weighted by atomic mass is 127. The number of carbonyl (C=O) groups excluding carboxylic acids is 2. The molecule has 0 aliphatic carbocycles. The number of hydrogen-bond donors (Lipinski definition) is 1. The van der Waals surface area contributed by atoms with Crippen LogP contribution in [0.15, 0.2) is 24.3 Å². The number of nitrogens with zero attached hydrogens (tertiary/aromatic N) is 2. The van der Waals surface area contributed by atoms with Crippen molar-refractivity contribution in [3.05, 3.63) is 33.4 Å². The number of ether oxygens (including phenoxy) is 1. The van der Waals surface area contributed by atoms with E-state index in [-0.39, 0.29) is 13.1 Å². The van der Waals surface area contributed by atoms with E-state index < -0.39 is 24.0 Å². The van der Waals surface area contributed by atoms with E-state index in [0.29, 0.717) is 0 Å². The van der Waals surface area contributed by atoms with Crippen LogP contribution in [0, 0.1) is 3.57 Å². The van der Waals surface area contributed by atoms with Gasteiger partial charge in [-0.25, -0.2) is 14.5 Å². The first-order valence-corrected chi connectivity index (χ1v) is 7.99. The summed E-state index contributed by atoms with van der Waals surface area (Å²) >= 11 is 2.17. The average Bonchev–Trinajstić information content (AvgIpc) is 2.67. The Kier molecular flexibility index (Phi) is 4.96. The minimum Gasteiger partial charge on any atom is -0.443 e. The number of β-amino-alcohol motifs (C(OH)–C–C–N with tert-alkyl or cyclic N) is 1. The Balaban J connectivity index is 2.11. The molecule has 0 aromatic heterocycles. The summed E-state index contributed by atoms with van der Waals surface area (Å²) < 4.78 is 6.19. The molecule has 1 aromatic rings. The van der Waals surface area contributed by atoms with Crippen molar-refractivity contribution < 1.29 is 19.4 Å². The Labute approximate surface area is 143 Å². The van der Waals surface area contributed by atoms with Gasteiger partial charge in [0.15, 0.2) is 0 Å². The number of rotatable bonds is 2. The SMILES string of the molecule is CC(C)(C)OC(=O)N1CC(O)N(Cc2ccccc2I)C1=O. The second-order valence-corrected chi connectivity index (χ2v) is 7.24. The number of amides is 3. The van der Waals surface area contributed by atoms with Gasteiger partial charge in [0.05, 0.1) is 13.1 Å². The predicted molar refractivity (Wildman–Crippen MR) is 89.0 cm³/mol. The quantitative estimate of drug-likeness (QED) is 0.751. The van der Waals surface area contributed by atoms with Crippen molar-refractivity contribution in [2.45, 2.75) is 39.1 Å². The third-order valence-electron chi connectivity index (χ3n) is 3.09. The van der Waals surface area contributed by atoms with Gasteiger partial charge in [-0.05, 0) is 55.0 Å². The second-order valence-electron chi connectivity index (χ2n) is 6.07. The molecule has 1 aliphatic rings. The maximum absolute atomic E-state index is 12.3. The van der Waals surface area contributed by atoms with E-state index >= 15 is 0 Å². The summed E-state index contributed by atoms with van der Waals surface area (Å²) in [6.07, 6.45) is -1.77. The molecule has 22 heavy (non-hydrogen) atoms. The lowest BCUT2D eigenvalue weighted by molar-refractivity contribution is 0.0304. The van der Waals surface area contributed by atoms with Crippen LogP contribution >= 0.6 is 22.6 Å². The Morgan fingerprint density at radius 1 is 1.41 bits per heavy atom. The molecule has 1 atom stereocenters. The highest BCUT2D eigenvalue weighted by Gasteiger charge is 2.41. The molecule has 0 saturated carbocycles. The number of halogens is 1. The predicted octanol–water partition coefficient (Wildman–Crippen LogP) is 2.78. The smallest absolute Gasteiger partial charge is 0.418 e. The molecule has 120 valence electrons. The molecule has 0 bridgehead atoms. The standard InChI is InChI=1S/C15H19IN2O4/c1-15(2,3)22-14(21)18-9-12(19)17(13(18)20)8-10-6-4-5-7-11(10)16/h4-7,12,19H,8-9H2,1-3H3. The van der Waals surface area contributed by atoms with Crippen LogP contribution in [0.5, 0.6) is 0 Å². The summed E-state index contributed by atoms with van der Waals surface area (Å²) in [6.45, 7) is 5.35. The van der Waals surface area contributed by atoms with E-state index in [1.807, 2.05) is 24.3 Å². The van der Waals surface area contributed by atoms with Crippen molar-refractivity contribution in [2.75, 3.05) is 6.54 Å². The summed E-state index contributed by atoms with van der Waals surface area (Å²) in [7, 11) is 0. The van der Waals surface area contributed by atoms with Gasteiger partial charge in [-0.3, -0.25) is 4.90 Å². The van der Waals surface area contributed by atoms with Crippen molar-refractivity contribution in [3.63, 3.8) is 0 Å². The number of urea groups is 1. The second kappa shape index (κ2) is 6.41. The van der Waals surface area contributed by atoms with Gasteiger partial charge in [0, 0.05) is 3.57 Å². The number of hydrogen-bond acceptors (Lipinski definition) is 4. The van der Waals surface area contributed by atoms with Crippen LogP contribution in [0.25, 0.3) is 0 Å². The number of aliphatic hydroxyl groups is 1. The molecule has 0 radical (unpaired) electrons. The summed E-state index contributed by atoms with van der Waals surface area (Å²) in [5.41, 5.74) is 0.228. The van der Waals surface area contributed by atoms with Gasteiger partial charge < -0.3 is 9.84 Å². The molecule has 1 heterocycles. The lowest BCUT2D eigenvalue weighted by Crippen LogP contribution is -2.40. The maximum Gasteiger partial charge on any atom is 0.418 e. The highest BCUT2D eigenvalue weighted by molar-refractivity contribution is 14.1. The fourth-order valence-corrected chi connectivity index (χ4v) is 2.63. The molecule has 1 saturated heterocycles. The van der Waals surface area contributed by atoms with Crippen LogP contribution in [0.3, 0.4) is 0 Å². The van der Waals surface area contributed by atoms with Crippen LogP contribution < -0.4 is 0 Å². The zero-order valence-corrected chi connectivity index (χ0v) is 14.9. The molecule has 1 N–H and O–H groups in total. The van der Waals surface area contributed by atoms with Crippen LogP contribution in [0.2, 0.25) is 0 Å². The van der Waals surface area contributed by atoms with Gasteiger partial charge >= 0.3 is 12.1 Å². The first-order chi connectivity index (χ1) is 10.2. The van der Waals surface area contributed by atoms with Crippen molar-refractivity contribution in [3.8, 4) is 0 Å². The molecular weight excluding hydrogens is 399 g/mol. The lowest BCUT2D eigenvalue weighted by Gasteiger charge is -2.23. The maximum atomic E-state index is 12.3. The minimum atomic E-state index is -1.03. The van der Waals surface area contributed by atoms with Gasteiger partial charge in [0.25, 0.3) is 0 Å². The lowest BCUT2D eigenvalue weighted by atomic mass is 10.2. The zero-order chi connectivity index (χ0) is 16.5. The first kappa shape index (κ1) is 17.0. The van der Waals surface area contributed by atoms with Crippen molar-refractivity contribution >= 4 is 34.7 Å². The summed E-state index contributed by atoms with van der Waals surface area (Å²) in [6, 6.07) is 7.05. The molecular formula is C15H19IN2O4. The normalized spacial score (nSPS) is 18.8. The van der Waals surface area contributed by atoms with Gasteiger partial charge in [0.1, 0.15) is 11.8 Å². The Bertz CT molecular complexity index is 585. The molecule has 7 heteroatoms. The summed E-state index contributed by atoms with van der Waals surface area (Å²) in [4.78, 5) is 26.6. The molecule has 3 amide bonds. The van der Waals surface area contributed by atoms with Crippen LogP contribution in [0.4, 0.5) is 9.59 Å². The topological polar surface area (TPSA) is 70.1 Å². The molecule has 0 spiro atoms. The fourth-order valence-electron chi connectivity index (χ4n) is 2.08. The number of imide groups is 1. The average molecular weight is 418 g/mol. The third kappa shape index (κ3) is 3.89. The summed E-state index contributed by atoms with van der Waals surface area (Å²) in [5, 5.41) is 10.1. The Morgan fingerprint density at radius 2 is 2.05 bits per heavy atom. The molecule has 1 aromatic carbocycles. The van der Waals surface area contributed by atoms with E-state index in [1.165, 1.54) is 4.90 Å². The molecule has 1 aliphatic heterocycles. The van der Waals surface area contributed by atoms with Crippen LogP contribution in [-0.2, 0) is 11.3 Å². The van der Waals surface area contributed by atoms with Gasteiger partial charge in [-0.1, -0.05) is 18.2 Å². The molecule has 1 fully saturated rings. The van der Waals surface area contributed by atoms with Gasteiger partial charge in [-0.15, -0.1) is 0 Å². The highest BCUT2D eigenvalue weighted by Crippen LogP contribution is 2.22. The third-order valence-corrected chi connectivity index (χ3v) is 4.15. The largest absolute Gasteiger partial charge is 0.443 e. The van der Waals surface area contributed by atoms with E-state index in [9.17, 15) is 14.7 Å². The van der Waals surface area contributed by atoms with Crippen molar-refractivity contribution in [2.24, 2.45) is 0 Å². The zero-order valence-electron chi connectivity index (χ0n) is 12.7. The van der Waals surface area contributed by atoms with E-state index in [2.05, 4.69) is 22.6 Å². The van der Waals surface area contributed by atoms with Crippen LogP contribution in [-0.4, -0.2) is 45.4 Å². The van der Waals surface area contributed by atoms with E-state index in [1.54, 1.807) is 20.8 Å². The van der Waals surface area contributed by atoms with Crippen LogP contribution in [0.1, 0.15) is 26.3 Å². The van der Waals surface area contributed by atoms with Crippen molar-refractivity contribution in [1.82, 2.24) is 9.80 Å². The monoisotopic (exact) mass is 418 g/mol. The van der Waals surface area contributed by atoms with E-state index in [0.717, 1.165) is 14.0 Å². The number of benzene rings is 1. The minimum absolute atomic E-state index is 0.0862. The van der Waals surface area contributed by atoms with Crippen molar-refractivity contribution in [1.29, 1.82) is 0 Å². The number of carbonyl (C=O) groups is 2. The van der Waals surface area contributed by atoms with E-state index in [4.69, 9.17) is 4.74 Å². The Hall–Kier alpha value is -1.35. The molecule has 2 rings (SSSR count). The molecule has 6 nitrogen and oxygen atoms in total. The first-order valence-electron chi connectivity index (χ1n) is 6.91. The van der Waals surface area contributed by atoms with Gasteiger partial charge in [-0.2, -0.15) is 0 Å². The number of aliphatic hydroxyl groups excluding tert-OH is 1. The van der Waals surface area contributed by atoms with Gasteiger partial charge in [0.2, 0.25) is 0 Å². The summed E-state index contributed by atoms with van der Waals surface area (Å²) in [5.74, 6) is 0. The Morgan fingerprint density at radius 3 is 2.64 bits per heavy atom. The fraction of sp³-hybridized carbons (Fsp3) is 0.467. The molecule has 1 unspecified atom stereocenters.